The Hall–Kier alpha value is -1.21. The number of benzene rings is 1. The molecule has 0 aliphatic rings. The number of carbonyl (C=O) groups is 1. The second-order valence-electron chi connectivity index (χ2n) is 3.64. The van der Waals surface area contributed by atoms with Gasteiger partial charge in [-0.15, -0.1) is 0 Å². The van der Waals surface area contributed by atoms with Gasteiger partial charge < -0.3 is 10.2 Å². The van der Waals surface area contributed by atoms with Gasteiger partial charge in [-0.05, 0) is 5.56 Å². The van der Waals surface area contributed by atoms with Crippen molar-refractivity contribution in [2.24, 2.45) is 0 Å². The number of rotatable bonds is 5. The normalized spacial score (nSPS) is 15.1. The van der Waals surface area contributed by atoms with Crippen LogP contribution in [-0.2, 0) is 10.5 Å². The number of carboxylic acid groups (broad SMARTS) is 1. The van der Waals surface area contributed by atoms with Crippen molar-refractivity contribution in [3.05, 3.63) is 35.9 Å². The Kier molecular flexibility index (Phi) is 4.64. The second kappa shape index (κ2) is 5.62. The van der Waals surface area contributed by atoms with Crippen molar-refractivity contribution in [1.82, 2.24) is 0 Å². The van der Waals surface area contributed by atoms with Crippen molar-refractivity contribution in [2.75, 3.05) is 5.75 Å². The molecular formula is C11H11F3O3S. The van der Waals surface area contributed by atoms with E-state index in [0.29, 0.717) is 0 Å². The average molecular weight is 280 g/mol. The summed E-state index contributed by atoms with van der Waals surface area (Å²) in [6.45, 7) is 0. The molecule has 0 aliphatic heterocycles. The molecule has 0 heterocycles. The van der Waals surface area contributed by atoms with Crippen LogP contribution in [0.4, 0.5) is 13.2 Å². The Bertz CT molecular complexity index is 408. The number of alkyl halides is 3. The fourth-order valence-corrected chi connectivity index (χ4v) is 2.27. The van der Waals surface area contributed by atoms with E-state index in [0.717, 1.165) is 17.3 Å². The fraction of sp³-hybridized carbons (Fsp3) is 0.364. The monoisotopic (exact) mass is 280 g/mol. The van der Waals surface area contributed by atoms with E-state index >= 15 is 0 Å². The number of aliphatic hydroxyl groups is 1. The van der Waals surface area contributed by atoms with Gasteiger partial charge in [0.2, 0.25) is 0 Å². The van der Waals surface area contributed by atoms with Crippen LogP contribution in [0.2, 0.25) is 0 Å². The summed E-state index contributed by atoms with van der Waals surface area (Å²) in [6.07, 6.45) is -5.19. The Morgan fingerprint density at radius 2 is 1.78 bits per heavy atom. The highest BCUT2D eigenvalue weighted by Crippen LogP contribution is 2.34. The molecule has 2 N–H and O–H groups in total. The van der Waals surface area contributed by atoms with E-state index in [1.54, 1.807) is 30.3 Å². The standard InChI is InChI=1S/C11H11F3O3S/c12-11(13,14)10(17,9(15)16)7-18-6-8-4-2-1-3-5-8/h1-5,17H,6-7H2,(H,15,16). The van der Waals surface area contributed by atoms with E-state index in [1.165, 1.54) is 0 Å². The molecule has 100 valence electrons. The first-order valence-electron chi connectivity index (χ1n) is 4.91. The number of aliphatic carboxylic acids is 1. The molecule has 0 radical (unpaired) electrons. The predicted molar refractivity (Wildman–Crippen MR) is 61.2 cm³/mol. The smallest absolute Gasteiger partial charge is 0.429 e. The molecule has 1 aromatic carbocycles. The molecule has 0 aromatic heterocycles. The highest BCUT2D eigenvalue weighted by molar-refractivity contribution is 7.98. The van der Waals surface area contributed by atoms with Gasteiger partial charge in [0, 0.05) is 11.5 Å². The summed E-state index contributed by atoms with van der Waals surface area (Å²) in [6, 6.07) is 8.63. The third-order valence-electron chi connectivity index (χ3n) is 2.25. The molecule has 0 fully saturated rings. The van der Waals surface area contributed by atoms with Gasteiger partial charge in [-0.2, -0.15) is 24.9 Å². The zero-order chi connectivity index (χ0) is 13.8. The van der Waals surface area contributed by atoms with Crippen molar-refractivity contribution in [3.63, 3.8) is 0 Å². The molecule has 0 saturated carbocycles. The van der Waals surface area contributed by atoms with Gasteiger partial charge in [0.25, 0.3) is 5.60 Å². The lowest BCUT2D eigenvalue weighted by atomic mass is 10.1. The number of halogens is 3. The van der Waals surface area contributed by atoms with Crippen molar-refractivity contribution >= 4 is 17.7 Å². The third-order valence-corrected chi connectivity index (χ3v) is 3.40. The van der Waals surface area contributed by atoms with Crippen molar-refractivity contribution in [3.8, 4) is 0 Å². The van der Waals surface area contributed by atoms with Gasteiger partial charge in [-0.1, -0.05) is 30.3 Å². The molecule has 3 nitrogen and oxygen atoms in total. The Labute approximate surface area is 106 Å². The maximum atomic E-state index is 12.4. The summed E-state index contributed by atoms with van der Waals surface area (Å²) in [5.41, 5.74) is -2.94. The molecule has 0 saturated heterocycles. The molecule has 1 rings (SSSR count). The van der Waals surface area contributed by atoms with Gasteiger partial charge in [0.1, 0.15) is 0 Å². The minimum absolute atomic E-state index is 0.201. The molecular weight excluding hydrogens is 269 g/mol. The number of thioether (sulfide) groups is 1. The summed E-state index contributed by atoms with van der Waals surface area (Å²) in [5, 5.41) is 17.6. The molecule has 1 aromatic rings. The minimum Gasteiger partial charge on any atom is -0.479 e. The Balaban J connectivity index is 2.62. The van der Waals surface area contributed by atoms with Crippen LogP contribution in [0, 0.1) is 0 Å². The van der Waals surface area contributed by atoms with E-state index in [-0.39, 0.29) is 5.75 Å². The van der Waals surface area contributed by atoms with E-state index < -0.39 is 23.5 Å². The van der Waals surface area contributed by atoms with Crippen LogP contribution < -0.4 is 0 Å². The van der Waals surface area contributed by atoms with Gasteiger partial charge in [-0.25, -0.2) is 4.79 Å². The molecule has 1 atom stereocenters. The Morgan fingerprint density at radius 1 is 1.22 bits per heavy atom. The van der Waals surface area contributed by atoms with E-state index in [1.807, 2.05) is 0 Å². The summed E-state index contributed by atoms with van der Waals surface area (Å²) < 4.78 is 37.3. The molecule has 1 unspecified atom stereocenters. The van der Waals surface area contributed by atoms with Gasteiger partial charge in [0.15, 0.2) is 0 Å². The number of hydrogen-bond donors (Lipinski definition) is 2. The molecule has 0 bridgehead atoms. The van der Waals surface area contributed by atoms with E-state index in [2.05, 4.69) is 0 Å². The highest BCUT2D eigenvalue weighted by atomic mass is 32.2. The van der Waals surface area contributed by atoms with Crippen LogP contribution in [0.5, 0.6) is 0 Å². The molecule has 18 heavy (non-hydrogen) atoms. The Morgan fingerprint density at radius 3 is 2.22 bits per heavy atom. The van der Waals surface area contributed by atoms with Crippen LogP contribution >= 0.6 is 11.8 Å². The largest absolute Gasteiger partial charge is 0.479 e. The maximum absolute atomic E-state index is 12.4. The quantitative estimate of drug-likeness (QED) is 0.869. The lowest BCUT2D eigenvalue weighted by Gasteiger charge is -2.25. The van der Waals surface area contributed by atoms with Crippen molar-refractivity contribution in [2.45, 2.75) is 17.5 Å². The van der Waals surface area contributed by atoms with Crippen LogP contribution in [0.15, 0.2) is 30.3 Å². The third kappa shape index (κ3) is 3.39. The lowest BCUT2D eigenvalue weighted by molar-refractivity contribution is -0.251. The average Bonchev–Trinajstić information content (AvgIpc) is 2.28. The maximum Gasteiger partial charge on any atom is 0.429 e. The topological polar surface area (TPSA) is 57.5 Å². The van der Waals surface area contributed by atoms with Crippen LogP contribution in [0.3, 0.4) is 0 Å². The predicted octanol–water partition coefficient (Wildman–Crippen LogP) is 2.30. The van der Waals surface area contributed by atoms with E-state index in [4.69, 9.17) is 10.2 Å². The summed E-state index contributed by atoms with van der Waals surface area (Å²) >= 11 is 0.718. The summed E-state index contributed by atoms with van der Waals surface area (Å²) in [7, 11) is 0. The molecule has 0 amide bonds. The first-order chi connectivity index (χ1) is 8.27. The summed E-state index contributed by atoms with van der Waals surface area (Å²) in [5.74, 6) is -3.02. The van der Waals surface area contributed by atoms with Crippen molar-refractivity contribution in [1.29, 1.82) is 0 Å². The highest BCUT2D eigenvalue weighted by Gasteiger charge is 2.59. The van der Waals surface area contributed by atoms with Gasteiger partial charge in [0.05, 0.1) is 0 Å². The number of carboxylic acids is 1. The van der Waals surface area contributed by atoms with Crippen LogP contribution in [-0.4, -0.2) is 33.7 Å². The van der Waals surface area contributed by atoms with Crippen LogP contribution in [0.25, 0.3) is 0 Å². The first kappa shape index (κ1) is 14.8. The molecule has 0 spiro atoms. The number of hydrogen-bond acceptors (Lipinski definition) is 3. The molecule has 7 heteroatoms. The SMILES string of the molecule is O=C(O)C(O)(CSCc1ccccc1)C(F)(F)F. The van der Waals surface area contributed by atoms with Gasteiger partial charge >= 0.3 is 12.1 Å². The van der Waals surface area contributed by atoms with Crippen molar-refractivity contribution < 1.29 is 28.2 Å². The zero-order valence-corrected chi connectivity index (χ0v) is 9.96. The minimum atomic E-state index is -5.19. The second-order valence-corrected chi connectivity index (χ2v) is 4.63. The molecule has 0 aliphatic carbocycles. The van der Waals surface area contributed by atoms with Crippen LogP contribution in [0.1, 0.15) is 5.56 Å². The summed E-state index contributed by atoms with van der Waals surface area (Å²) in [4.78, 5) is 10.5. The van der Waals surface area contributed by atoms with E-state index in [9.17, 15) is 18.0 Å². The fourth-order valence-electron chi connectivity index (χ4n) is 1.16. The zero-order valence-electron chi connectivity index (χ0n) is 9.15. The first-order valence-corrected chi connectivity index (χ1v) is 6.07. The van der Waals surface area contributed by atoms with Gasteiger partial charge in [-0.3, -0.25) is 0 Å². The lowest BCUT2D eigenvalue weighted by Crippen LogP contribution is -2.54.